The number of halogens is 1. The Balaban J connectivity index is 2.73. The zero-order valence-electron chi connectivity index (χ0n) is 11.1. The van der Waals surface area contributed by atoms with Gasteiger partial charge in [0, 0.05) is 25.8 Å². The maximum Gasteiger partial charge on any atom is 0.123 e. The van der Waals surface area contributed by atoms with E-state index in [-0.39, 0.29) is 17.4 Å². The third-order valence-electron chi connectivity index (χ3n) is 2.66. The Hall–Kier alpha value is -1.08. The van der Waals surface area contributed by atoms with Crippen LogP contribution in [0.4, 0.5) is 4.39 Å². The van der Waals surface area contributed by atoms with Crippen LogP contribution in [0.3, 0.4) is 0 Å². The Morgan fingerprint density at radius 3 is 2.84 bits per heavy atom. The second-order valence-corrected chi connectivity index (χ2v) is 4.91. The second kappa shape index (κ2) is 7.49. The third kappa shape index (κ3) is 5.20. The lowest BCUT2D eigenvalue weighted by Crippen LogP contribution is -2.32. The van der Waals surface area contributed by atoms with Crippen LogP contribution in [0.5, 0.6) is 0 Å². The molecule has 0 aliphatic carbocycles. The summed E-state index contributed by atoms with van der Waals surface area (Å²) in [6.45, 7) is 1.24. The minimum absolute atomic E-state index is 0.167. The van der Waals surface area contributed by atoms with Crippen molar-refractivity contribution in [2.75, 3.05) is 27.3 Å². The first-order valence-corrected chi connectivity index (χ1v) is 6.28. The molecule has 0 aliphatic heterocycles. The zero-order chi connectivity index (χ0) is 14.4. The van der Waals surface area contributed by atoms with Crippen LogP contribution in [0.2, 0.25) is 0 Å². The Kier molecular flexibility index (Phi) is 6.30. The van der Waals surface area contributed by atoms with Crippen molar-refractivity contribution < 1.29 is 14.2 Å². The fourth-order valence-electron chi connectivity index (χ4n) is 1.88. The van der Waals surface area contributed by atoms with Crippen LogP contribution in [0.25, 0.3) is 0 Å². The predicted molar refractivity (Wildman–Crippen MR) is 76.5 cm³/mol. The van der Waals surface area contributed by atoms with Crippen LogP contribution in [-0.4, -0.2) is 48.4 Å². The molecule has 6 heteroatoms. The summed E-state index contributed by atoms with van der Waals surface area (Å²) in [5.41, 5.74) is 6.95. The summed E-state index contributed by atoms with van der Waals surface area (Å²) in [4.78, 5) is 2.07. The van der Waals surface area contributed by atoms with E-state index >= 15 is 0 Å². The van der Waals surface area contributed by atoms with Crippen molar-refractivity contribution in [1.82, 2.24) is 4.90 Å². The molecule has 0 bridgehead atoms. The lowest BCUT2D eigenvalue weighted by atomic mass is 10.1. The number of benzene rings is 1. The number of aliphatic hydroxyl groups excluding tert-OH is 1. The summed E-state index contributed by atoms with van der Waals surface area (Å²) < 4.78 is 18.0. The van der Waals surface area contributed by atoms with Gasteiger partial charge in [0.25, 0.3) is 0 Å². The van der Waals surface area contributed by atoms with E-state index in [0.717, 1.165) is 5.56 Å². The van der Waals surface area contributed by atoms with Crippen molar-refractivity contribution in [2.45, 2.75) is 12.6 Å². The van der Waals surface area contributed by atoms with Crippen molar-refractivity contribution in [2.24, 2.45) is 5.73 Å². The van der Waals surface area contributed by atoms with E-state index < -0.39 is 6.10 Å². The summed E-state index contributed by atoms with van der Waals surface area (Å²) in [7, 11) is 3.39. The number of nitrogens with two attached hydrogens (primary N) is 1. The molecule has 0 radical (unpaired) electrons. The molecule has 4 nitrogen and oxygen atoms in total. The minimum Gasteiger partial charge on any atom is -0.389 e. The van der Waals surface area contributed by atoms with Crippen LogP contribution < -0.4 is 5.73 Å². The highest BCUT2D eigenvalue weighted by atomic mass is 32.1. The number of nitrogens with zero attached hydrogens (tertiary/aromatic N) is 1. The molecule has 0 aliphatic rings. The highest BCUT2D eigenvalue weighted by molar-refractivity contribution is 7.80. The van der Waals surface area contributed by atoms with Gasteiger partial charge in [0.15, 0.2) is 0 Å². The molecular formula is C13H19FN2O2S. The van der Waals surface area contributed by atoms with Gasteiger partial charge in [-0.3, -0.25) is 4.90 Å². The molecule has 0 aromatic heterocycles. The van der Waals surface area contributed by atoms with E-state index in [1.54, 1.807) is 6.07 Å². The van der Waals surface area contributed by atoms with E-state index in [4.69, 9.17) is 22.7 Å². The molecule has 3 N–H and O–H groups in total. The van der Waals surface area contributed by atoms with Crippen LogP contribution in [0, 0.1) is 5.82 Å². The average molecular weight is 286 g/mol. The van der Waals surface area contributed by atoms with E-state index in [2.05, 4.69) is 0 Å². The first kappa shape index (κ1) is 16.0. The van der Waals surface area contributed by atoms with Crippen molar-refractivity contribution in [3.05, 3.63) is 35.1 Å². The van der Waals surface area contributed by atoms with Gasteiger partial charge in [-0.2, -0.15) is 0 Å². The summed E-state index contributed by atoms with van der Waals surface area (Å²) in [5.74, 6) is -0.367. The third-order valence-corrected chi connectivity index (χ3v) is 2.88. The standard InChI is InChI=1S/C13H19FN2O2S/c1-16(7-11(17)8-18-2)6-9-3-4-10(14)5-12(9)13(15)19/h3-5,11,17H,6-8H2,1-2H3,(H2,15,19). The Labute approximate surface area is 118 Å². The number of rotatable bonds is 7. The number of ether oxygens (including phenoxy) is 1. The molecule has 0 fully saturated rings. The summed E-state index contributed by atoms with van der Waals surface area (Å²) in [5, 5.41) is 9.64. The Morgan fingerprint density at radius 1 is 1.58 bits per heavy atom. The predicted octanol–water partition coefficient (Wildman–Crippen LogP) is 0.899. The van der Waals surface area contributed by atoms with Crippen molar-refractivity contribution in [3.8, 4) is 0 Å². The van der Waals surface area contributed by atoms with Crippen LogP contribution in [0.1, 0.15) is 11.1 Å². The highest BCUT2D eigenvalue weighted by Crippen LogP contribution is 2.13. The van der Waals surface area contributed by atoms with Gasteiger partial charge in [-0.25, -0.2) is 4.39 Å². The van der Waals surface area contributed by atoms with E-state index in [1.807, 2.05) is 11.9 Å². The van der Waals surface area contributed by atoms with Crippen LogP contribution in [0.15, 0.2) is 18.2 Å². The number of methoxy groups -OCH3 is 1. The minimum atomic E-state index is -0.566. The van der Waals surface area contributed by atoms with Gasteiger partial charge in [-0.15, -0.1) is 0 Å². The molecule has 0 saturated carbocycles. The Morgan fingerprint density at radius 2 is 2.26 bits per heavy atom. The molecule has 1 rings (SSSR count). The van der Waals surface area contributed by atoms with Gasteiger partial charge in [-0.05, 0) is 24.7 Å². The number of hydrogen-bond donors (Lipinski definition) is 2. The van der Waals surface area contributed by atoms with Crippen LogP contribution in [-0.2, 0) is 11.3 Å². The average Bonchev–Trinajstić information content (AvgIpc) is 2.31. The van der Waals surface area contributed by atoms with E-state index in [1.165, 1.54) is 19.2 Å². The topological polar surface area (TPSA) is 58.7 Å². The van der Waals surface area contributed by atoms with Gasteiger partial charge in [0.05, 0.1) is 12.7 Å². The molecular weight excluding hydrogens is 267 g/mol. The molecule has 1 aromatic carbocycles. The molecule has 1 aromatic rings. The highest BCUT2D eigenvalue weighted by Gasteiger charge is 2.12. The maximum absolute atomic E-state index is 13.2. The van der Waals surface area contributed by atoms with Crippen LogP contribution >= 0.6 is 12.2 Å². The fourth-order valence-corrected chi connectivity index (χ4v) is 2.07. The molecule has 106 valence electrons. The SMILES string of the molecule is COCC(O)CN(C)Cc1ccc(F)cc1C(N)=S. The fraction of sp³-hybridized carbons (Fsp3) is 0.462. The molecule has 0 amide bonds. The van der Waals surface area contributed by atoms with Crippen molar-refractivity contribution >= 4 is 17.2 Å². The Bertz CT molecular complexity index is 443. The lowest BCUT2D eigenvalue weighted by molar-refractivity contribution is 0.0419. The van der Waals surface area contributed by atoms with Gasteiger partial charge in [0.1, 0.15) is 10.8 Å². The van der Waals surface area contributed by atoms with Gasteiger partial charge >= 0.3 is 0 Å². The normalized spacial score (nSPS) is 12.7. The number of hydrogen-bond acceptors (Lipinski definition) is 4. The number of thiocarbonyl (C=S) groups is 1. The smallest absolute Gasteiger partial charge is 0.123 e. The first-order valence-electron chi connectivity index (χ1n) is 5.87. The molecule has 0 heterocycles. The van der Waals surface area contributed by atoms with E-state index in [9.17, 15) is 9.50 Å². The first-order chi connectivity index (χ1) is 8.93. The quantitative estimate of drug-likeness (QED) is 0.729. The van der Waals surface area contributed by atoms with Gasteiger partial charge in [0.2, 0.25) is 0 Å². The van der Waals surface area contributed by atoms with E-state index in [0.29, 0.717) is 18.7 Å². The lowest BCUT2D eigenvalue weighted by Gasteiger charge is -2.21. The molecule has 1 atom stereocenters. The summed E-state index contributed by atoms with van der Waals surface area (Å²) in [6.07, 6.45) is -0.566. The molecule has 0 spiro atoms. The molecule has 0 saturated heterocycles. The van der Waals surface area contributed by atoms with Gasteiger partial charge < -0.3 is 15.6 Å². The monoisotopic (exact) mass is 286 g/mol. The molecule has 1 unspecified atom stereocenters. The summed E-state index contributed by atoms with van der Waals surface area (Å²) in [6, 6.07) is 4.36. The molecule has 19 heavy (non-hydrogen) atoms. The number of likely N-dealkylation sites (N-methyl/N-ethyl adjacent to an activating group) is 1. The van der Waals surface area contributed by atoms with Gasteiger partial charge in [-0.1, -0.05) is 18.3 Å². The van der Waals surface area contributed by atoms with Crippen molar-refractivity contribution in [3.63, 3.8) is 0 Å². The largest absolute Gasteiger partial charge is 0.389 e. The van der Waals surface area contributed by atoms with Crippen molar-refractivity contribution in [1.29, 1.82) is 0 Å². The number of aliphatic hydroxyl groups is 1. The summed E-state index contributed by atoms with van der Waals surface area (Å²) >= 11 is 4.91. The zero-order valence-corrected chi connectivity index (χ0v) is 11.9. The second-order valence-electron chi connectivity index (χ2n) is 4.47. The maximum atomic E-state index is 13.2.